The fraction of sp³-hybridized carbons (Fsp3) is 0.111. The van der Waals surface area contributed by atoms with E-state index in [1.165, 1.54) is 38.5 Å². The molecule has 0 atom stereocenters. The fourth-order valence-electron chi connectivity index (χ4n) is 2.74. The first-order valence-electron chi connectivity index (χ1n) is 10.4. The molecular formula is C27H27NO7. The molecule has 0 amide bonds. The summed E-state index contributed by atoms with van der Waals surface area (Å²) in [6.07, 6.45) is 5.44. The number of phenols is 3. The van der Waals surface area contributed by atoms with Crippen LogP contribution in [0.1, 0.15) is 17.5 Å². The lowest BCUT2D eigenvalue weighted by Crippen LogP contribution is -2.01. The molecule has 0 aromatic heterocycles. The molecule has 0 radical (unpaired) electrons. The Kier molecular flexibility index (Phi) is 9.93. The first-order valence-corrected chi connectivity index (χ1v) is 10.4. The van der Waals surface area contributed by atoms with Gasteiger partial charge in [-0.1, -0.05) is 24.3 Å². The molecule has 35 heavy (non-hydrogen) atoms. The quantitative estimate of drug-likeness (QED) is 0.163. The van der Waals surface area contributed by atoms with Gasteiger partial charge in [-0.05, 0) is 71.8 Å². The molecule has 0 aliphatic heterocycles. The molecule has 0 unspecified atom stereocenters. The first kappa shape index (κ1) is 26.5. The molecule has 182 valence electrons. The molecule has 3 rings (SSSR count). The lowest BCUT2D eigenvalue weighted by molar-refractivity contribution is -0.121. The summed E-state index contributed by atoms with van der Waals surface area (Å²) in [5, 5.41) is 27.8. The minimum absolute atomic E-state index is 0.00662. The van der Waals surface area contributed by atoms with Gasteiger partial charge in [-0.25, -0.2) is 0 Å². The zero-order chi connectivity index (χ0) is 25.8. The van der Waals surface area contributed by atoms with Gasteiger partial charge in [0.05, 0.1) is 20.6 Å². The van der Waals surface area contributed by atoms with Crippen LogP contribution in [0.3, 0.4) is 0 Å². The first-order chi connectivity index (χ1) is 16.7. The lowest BCUT2D eigenvalue weighted by Gasteiger charge is -2.03. The molecule has 3 aromatic rings. The lowest BCUT2D eigenvalue weighted by atomic mass is 10.1. The largest absolute Gasteiger partial charge is 0.508 e. The highest BCUT2D eigenvalue weighted by molar-refractivity contribution is 6.10. The molecule has 0 heterocycles. The molecule has 0 fully saturated rings. The van der Waals surface area contributed by atoms with Crippen LogP contribution in [0, 0.1) is 0 Å². The van der Waals surface area contributed by atoms with Crippen LogP contribution in [0.5, 0.6) is 28.7 Å². The summed E-state index contributed by atoms with van der Waals surface area (Å²) in [5.74, 6) is 0.166. The molecular weight excluding hydrogens is 450 g/mol. The van der Waals surface area contributed by atoms with E-state index >= 15 is 0 Å². The van der Waals surface area contributed by atoms with Gasteiger partial charge in [-0.2, -0.15) is 0 Å². The van der Waals surface area contributed by atoms with Crippen molar-refractivity contribution in [3.05, 3.63) is 83.9 Å². The third-order valence-electron chi connectivity index (χ3n) is 4.57. The highest BCUT2D eigenvalue weighted by Gasteiger charge is 2.06. The Balaban J connectivity index is 0.000000456. The molecule has 0 saturated heterocycles. The maximum absolute atomic E-state index is 11.9. The summed E-state index contributed by atoms with van der Waals surface area (Å²) in [6.45, 7) is 0. The van der Waals surface area contributed by atoms with Gasteiger partial charge in [0.2, 0.25) is 0 Å². The molecule has 0 aliphatic carbocycles. The Bertz CT molecular complexity index is 1120. The van der Waals surface area contributed by atoms with Crippen LogP contribution in [0.4, 0.5) is 5.69 Å². The van der Waals surface area contributed by atoms with Crippen LogP contribution in [0.2, 0.25) is 0 Å². The Hall–Kier alpha value is -4.72. The highest BCUT2D eigenvalue weighted by Crippen LogP contribution is 2.27. The SMILES string of the molecule is COc1cc(/C=C/C(=O)CC(=O)/C=C/c2ccc(O)c(OC)c2)ccc1O.Nc1ccc(O)cc1. The molecule has 0 aliphatic rings. The zero-order valence-electron chi connectivity index (χ0n) is 19.3. The minimum atomic E-state index is -0.347. The maximum atomic E-state index is 11.9. The van der Waals surface area contributed by atoms with Crippen molar-refractivity contribution in [2.45, 2.75) is 6.42 Å². The Morgan fingerprint density at radius 2 is 1.17 bits per heavy atom. The molecule has 0 saturated carbocycles. The predicted octanol–water partition coefficient (Wildman–Crippen LogP) is 4.34. The fourth-order valence-corrected chi connectivity index (χ4v) is 2.74. The monoisotopic (exact) mass is 477 g/mol. The van der Waals surface area contributed by atoms with Crippen molar-refractivity contribution >= 4 is 29.4 Å². The smallest absolute Gasteiger partial charge is 0.163 e. The summed E-state index contributed by atoms with van der Waals surface area (Å²) in [5.41, 5.74) is 7.31. The molecule has 0 bridgehead atoms. The number of nitrogens with two attached hydrogens (primary N) is 1. The minimum Gasteiger partial charge on any atom is -0.508 e. The summed E-state index contributed by atoms with van der Waals surface area (Å²) in [7, 11) is 2.87. The van der Waals surface area contributed by atoms with Gasteiger partial charge in [-0.3, -0.25) is 9.59 Å². The summed E-state index contributed by atoms with van der Waals surface area (Å²) in [4.78, 5) is 23.9. The number of ether oxygens (including phenoxy) is 2. The zero-order valence-corrected chi connectivity index (χ0v) is 19.3. The number of phenolic OH excluding ortho intramolecular Hbond substituents is 3. The van der Waals surface area contributed by atoms with Gasteiger partial charge in [0, 0.05) is 5.69 Å². The second-order valence-electron chi connectivity index (χ2n) is 7.23. The topological polar surface area (TPSA) is 139 Å². The van der Waals surface area contributed by atoms with Crippen LogP contribution in [-0.2, 0) is 9.59 Å². The molecule has 8 nitrogen and oxygen atoms in total. The van der Waals surface area contributed by atoms with E-state index in [0.29, 0.717) is 28.3 Å². The molecule has 5 N–H and O–H groups in total. The summed E-state index contributed by atoms with van der Waals surface area (Å²) < 4.78 is 10.00. The molecule has 0 spiro atoms. The van der Waals surface area contributed by atoms with Crippen molar-refractivity contribution in [2.75, 3.05) is 20.0 Å². The van der Waals surface area contributed by atoms with Gasteiger partial charge in [0.25, 0.3) is 0 Å². The summed E-state index contributed by atoms with van der Waals surface area (Å²) >= 11 is 0. The van der Waals surface area contributed by atoms with Crippen molar-refractivity contribution in [2.24, 2.45) is 0 Å². The normalized spacial score (nSPS) is 10.6. The standard InChI is InChI=1S/C21H20O6.C6H7NO/c1-26-20-11-14(5-9-18(20)24)3-7-16(22)13-17(23)8-4-15-6-10-19(25)21(12-15)27-2;7-5-1-3-6(8)4-2-5/h3-12,24-25H,13H2,1-2H3;1-4,8H,7H2/b7-3+,8-4+;. The van der Waals surface area contributed by atoms with E-state index in [9.17, 15) is 19.8 Å². The second kappa shape index (κ2) is 13.1. The van der Waals surface area contributed by atoms with E-state index in [0.717, 1.165) is 0 Å². The van der Waals surface area contributed by atoms with Crippen LogP contribution < -0.4 is 15.2 Å². The number of ketones is 2. The van der Waals surface area contributed by atoms with E-state index in [1.54, 1.807) is 60.7 Å². The number of anilines is 1. The van der Waals surface area contributed by atoms with E-state index in [-0.39, 0.29) is 35.2 Å². The number of methoxy groups -OCH3 is 2. The number of hydrogen-bond acceptors (Lipinski definition) is 8. The van der Waals surface area contributed by atoms with E-state index in [2.05, 4.69) is 0 Å². The number of carbonyl (C=O) groups is 2. The highest BCUT2D eigenvalue weighted by atomic mass is 16.5. The average molecular weight is 478 g/mol. The van der Waals surface area contributed by atoms with Gasteiger partial charge in [0.15, 0.2) is 34.6 Å². The Labute approximate surface area is 203 Å². The van der Waals surface area contributed by atoms with Crippen molar-refractivity contribution in [1.29, 1.82) is 0 Å². The van der Waals surface area contributed by atoms with Gasteiger partial charge >= 0.3 is 0 Å². The summed E-state index contributed by atoms with van der Waals surface area (Å²) in [6, 6.07) is 15.7. The van der Waals surface area contributed by atoms with Crippen LogP contribution >= 0.6 is 0 Å². The van der Waals surface area contributed by atoms with Gasteiger partial charge in [-0.15, -0.1) is 0 Å². The van der Waals surface area contributed by atoms with Crippen LogP contribution in [-0.4, -0.2) is 41.1 Å². The number of aromatic hydroxyl groups is 3. The predicted molar refractivity (Wildman–Crippen MR) is 135 cm³/mol. The van der Waals surface area contributed by atoms with Crippen LogP contribution in [0.25, 0.3) is 12.2 Å². The van der Waals surface area contributed by atoms with Crippen molar-refractivity contribution in [1.82, 2.24) is 0 Å². The third-order valence-corrected chi connectivity index (χ3v) is 4.57. The number of rotatable bonds is 8. The van der Waals surface area contributed by atoms with Gasteiger partial charge < -0.3 is 30.5 Å². The van der Waals surface area contributed by atoms with Gasteiger partial charge in [0.1, 0.15) is 5.75 Å². The Morgan fingerprint density at radius 1 is 0.743 bits per heavy atom. The third kappa shape index (κ3) is 8.97. The average Bonchev–Trinajstić information content (AvgIpc) is 2.85. The maximum Gasteiger partial charge on any atom is 0.163 e. The van der Waals surface area contributed by atoms with Crippen molar-refractivity contribution in [3.63, 3.8) is 0 Å². The number of carbonyl (C=O) groups excluding carboxylic acids is 2. The molecule has 8 heteroatoms. The second-order valence-corrected chi connectivity index (χ2v) is 7.23. The van der Waals surface area contributed by atoms with Crippen molar-refractivity contribution < 1.29 is 34.4 Å². The Morgan fingerprint density at radius 3 is 1.54 bits per heavy atom. The van der Waals surface area contributed by atoms with E-state index in [4.69, 9.17) is 20.3 Å². The number of allylic oxidation sites excluding steroid dienone is 2. The number of nitrogen functional groups attached to an aromatic ring is 1. The van der Waals surface area contributed by atoms with E-state index in [1.807, 2.05) is 0 Å². The van der Waals surface area contributed by atoms with Crippen molar-refractivity contribution in [3.8, 4) is 28.7 Å². The van der Waals surface area contributed by atoms with Crippen LogP contribution in [0.15, 0.2) is 72.8 Å². The van der Waals surface area contributed by atoms with E-state index < -0.39 is 0 Å². The molecule has 3 aromatic carbocycles. The number of hydrogen-bond donors (Lipinski definition) is 4. The number of benzene rings is 3.